The molecule has 3 heteroatoms. The van der Waals surface area contributed by atoms with Crippen LogP contribution in [0.3, 0.4) is 0 Å². The molecule has 0 aromatic carbocycles. The lowest BCUT2D eigenvalue weighted by atomic mass is 10.2. The monoisotopic (exact) mass is 204 g/mol. The van der Waals surface area contributed by atoms with E-state index in [1.165, 1.54) is 15.3 Å². The predicted molar refractivity (Wildman–Crippen MR) is 60.3 cm³/mol. The third kappa shape index (κ3) is 2.00. The molecule has 0 radical (unpaired) electrons. The standard InChI is InChI=1S/C11H12N2S/c12-6-3-10-1-2-11(14-10)9-4-7-13-8-5-9/h1-2,4-5,7-8H,3,6,12H2. The minimum absolute atomic E-state index is 0.719. The molecule has 0 unspecified atom stereocenters. The van der Waals surface area contributed by atoms with E-state index in [1.54, 1.807) is 11.3 Å². The zero-order valence-corrected chi connectivity index (χ0v) is 8.63. The molecule has 0 saturated carbocycles. The van der Waals surface area contributed by atoms with Crippen LogP contribution in [-0.2, 0) is 6.42 Å². The van der Waals surface area contributed by atoms with Gasteiger partial charge in [-0.15, -0.1) is 11.3 Å². The Morgan fingerprint density at radius 1 is 1.14 bits per heavy atom. The largest absolute Gasteiger partial charge is 0.330 e. The molecule has 0 aliphatic heterocycles. The van der Waals surface area contributed by atoms with Crippen molar-refractivity contribution in [1.29, 1.82) is 0 Å². The molecule has 0 aliphatic carbocycles. The Balaban J connectivity index is 2.25. The van der Waals surface area contributed by atoms with E-state index in [9.17, 15) is 0 Å². The molecule has 0 amide bonds. The Morgan fingerprint density at radius 3 is 2.64 bits per heavy atom. The van der Waals surface area contributed by atoms with Crippen molar-refractivity contribution < 1.29 is 0 Å². The van der Waals surface area contributed by atoms with Gasteiger partial charge in [-0.1, -0.05) is 0 Å². The van der Waals surface area contributed by atoms with E-state index in [2.05, 4.69) is 17.1 Å². The highest BCUT2D eigenvalue weighted by molar-refractivity contribution is 7.15. The summed E-state index contributed by atoms with van der Waals surface area (Å²) in [6, 6.07) is 8.34. The summed E-state index contributed by atoms with van der Waals surface area (Å²) in [7, 11) is 0. The molecular formula is C11H12N2S. The van der Waals surface area contributed by atoms with Crippen LogP contribution < -0.4 is 5.73 Å². The summed E-state index contributed by atoms with van der Waals surface area (Å²) in [4.78, 5) is 6.63. The maximum absolute atomic E-state index is 5.51. The minimum atomic E-state index is 0.719. The summed E-state index contributed by atoms with van der Waals surface area (Å²) in [6.45, 7) is 0.719. The van der Waals surface area contributed by atoms with Crippen LogP contribution in [0.5, 0.6) is 0 Å². The summed E-state index contributed by atoms with van der Waals surface area (Å²) in [5.74, 6) is 0. The maximum Gasteiger partial charge on any atom is 0.0346 e. The van der Waals surface area contributed by atoms with Crippen molar-refractivity contribution in [3.05, 3.63) is 41.5 Å². The van der Waals surface area contributed by atoms with Gasteiger partial charge in [0.2, 0.25) is 0 Å². The Hall–Kier alpha value is -1.19. The normalized spacial score (nSPS) is 10.4. The Morgan fingerprint density at radius 2 is 1.93 bits per heavy atom. The topological polar surface area (TPSA) is 38.9 Å². The summed E-state index contributed by atoms with van der Waals surface area (Å²) in [6.07, 6.45) is 4.60. The SMILES string of the molecule is NCCc1ccc(-c2ccncc2)s1. The smallest absolute Gasteiger partial charge is 0.0346 e. The first kappa shape index (κ1) is 9.37. The van der Waals surface area contributed by atoms with Crippen LogP contribution in [0.15, 0.2) is 36.7 Å². The van der Waals surface area contributed by atoms with Crippen LogP contribution in [-0.4, -0.2) is 11.5 Å². The number of thiophene rings is 1. The third-order valence-electron chi connectivity index (χ3n) is 2.02. The van der Waals surface area contributed by atoms with Gasteiger partial charge in [-0.25, -0.2) is 0 Å². The van der Waals surface area contributed by atoms with Gasteiger partial charge in [0, 0.05) is 22.1 Å². The van der Waals surface area contributed by atoms with E-state index < -0.39 is 0 Å². The van der Waals surface area contributed by atoms with Gasteiger partial charge in [-0.05, 0) is 42.8 Å². The van der Waals surface area contributed by atoms with Crippen LogP contribution in [0.25, 0.3) is 10.4 Å². The van der Waals surface area contributed by atoms with Gasteiger partial charge in [0.1, 0.15) is 0 Å². The van der Waals surface area contributed by atoms with E-state index in [0.29, 0.717) is 0 Å². The van der Waals surface area contributed by atoms with Gasteiger partial charge in [-0.3, -0.25) is 4.98 Å². The van der Waals surface area contributed by atoms with E-state index in [0.717, 1.165) is 13.0 Å². The fourth-order valence-electron chi connectivity index (χ4n) is 1.33. The number of nitrogens with two attached hydrogens (primary N) is 1. The molecule has 2 rings (SSSR count). The molecule has 2 nitrogen and oxygen atoms in total. The van der Waals surface area contributed by atoms with E-state index in [4.69, 9.17) is 5.73 Å². The molecule has 0 aliphatic rings. The fourth-order valence-corrected chi connectivity index (χ4v) is 2.35. The molecular weight excluding hydrogens is 192 g/mol. The lowest BCUT2D eigenvalue weighted by Gasteiger charge is -1.94. The summed E-state index contributed by atoms with van der Waals surface area (Å²) < 4.78 is 0. The highest BCUT2D eigenvalue weighted by Gasteiger charge is 2.01. The number of rotatable bonds is 3. The van der Waals surface area contributed by atoms with E-state index in [1.807, 2.05) is 24.5 Å². The van der Waals surface area contributed by atoms with Gasteiger partial charge in [-0.2, -0.15) is 0 Å². The van der Waals surface area contributed by atoms with Gasteiger partial charge in [0.05, 0.1) is 0 Å². The summed E-state index contributed by atoms with van der Waals surface area (Å²) >= 11 is 1.80. The van der Waals surface area contributed by atoms with Crippen LogP contribution in [0.4, 0.5) is 0 Å². The van der Waals surface area contributed by atoms with Crippen LogP contribution in [0.1, 0.15) is 4.88 Å². The number of aromatic nitrogens is 1. The Kier molecular flexibility index (Phi) is 2.91. The van der Waals surface area contributed by atoms with Crippen LogP contribution >= 0.6 is 11.3 Å². The third-order valence-corrected chi connectivity index (χ3v) is 3.21. The fraction of sp³-hybridized carbons (Fsp3) is 0.182. The average molecular weight is 204 g/mol. The van der Waals surface area contributed by atoms with Crippen molar-refractivity contribution in [2.45, 2.75) is 6.42 Å². The number of hydrogen-bond acceptors (Lipinski definition) is 3. The molecule has 0 fully saturated rings. The van der Waals surface area contributed by atoms with Gasteiger partial charge in [0.25, 0.3) is 0 Å². The van der Waals surface area contributed by atoms with Gasteiger partial charge < -0.3 is 5.73 Å². The lowest BCUT2D eigenvalue weighted by molar-refractivity contribution is 0.989. The minimum Gasteiger partial charge on any atom is -0.330 e. The highest BCUT2D eigenvalue weighted by atomic mass is 32.1. The van der Waals surface area contributed by atoms with Crippen molar-refractivity contribution in [3.8, 4) is 10.4 Å². The number of nitrogens with zero attached hydrogens (tertiary/aromatic N) is 1. The second-order valence-electron chi connectivity index (χ2n) is 3.04. The first-order valence-electron chi connectivity index (χ1n) is 4.59. The van der Waals surface area contributed by atoms with Crippen molar-refractivity contribution >= 4 is 11.3 Å². The summed E-state index contributed by atoms with van der Waals surface area (Å²) in [5, 5.41) is 0. The number of hydrogen-bond donors (Lipinski definition) is 1. The van der Waals surface area contributed by atoms with Crippen molar-refractivity contribution in [3.63, 3.8) is 0 Å². The van der Waals surface area contributed by atoms with Crippen molar-refractivity contribution in [2.24, 2.45) is 5.73 Å². The van der Waals surface area contributed by atoms with E-state index in [-0.39, 0.29) is 0 Å². The molecule has 0 bridgehead atoms. The maximum atomic E-state index is 5.51. The van der Waals surface area contributed by atoms with Crippen LogP contribution in [0.2, 0.25) is 0 Å². The zero-order chi connectivity index (χ0) is 9.80. The Labute approximate surface area is 87.4 Å². The molecule has 2 aromatic heterocycles. The van der Waals surface area contributed by atoms with E-state index >= 15 is 0 Å². The summed E-state index contributed by atoms with van der Waals surface area (Å²) in [5.41, 5.74) is 6.74. The molecule has 0 atom stereocenters. The molecule has 2 N–H and O–H groups in total. The predicted octanol–water partition coefficient (Wildman–Crippen LogP) is 2.31. The molecule has 72 valence electrons. The van der Waals surface area contributed by atoms with Crippen molar-refractivity contribution in [1.82, 2.24) is 4.98 Å². The quantitative estimate of drug-likeness (QED) is 0.833. The second-order valence-corrected chi connectivity index (χ2v) is 4.21. The number of pyridine rings is 1. The molecule has 2 aromatic rings. The first-order valence-corrected chi connectivity index (χ1v) is 5.41. The molecule has 14 heavy (non-hydrogen) atoms. The highest BCUT2D eigenvalue weighted by Crippen LogP contribution is 2.27. The molecule has 2 heterocycles. The zero-order valence-electron chi connectivity index (χ0n) is 7.81. The van der Waals surface area contributed by atoms with Gasteiger partial charge in [0.15, 0.2) is 0 Å². The van der Waals surface area contributed by atoms with Gasteiger partial charge >= 0.3 is 0 Å². The first-order chi connectivity index (χ1) is 6.90. The average Bonchev–Trinajstić information content (AvgIpc) is 2.68. The molecule has 0 saturated heterocycles. The lowest BCUT2D eigenvalue weighted by Crippen LogP contribution is -2.00. The van der Waals surface area contributed by atoms with Crippen molar-refractivity contribution in [2.75, 3.05) is 6.54 Å². The molecule has 0 spiro atoms. The van der Waals surface area contributed by atoms with Crippen LogP contribution in [0, 0.1) is 0 Å². The Bertz CT molecular complexity index is 395. The second kappa shape index (κ2) is 4.35.